The Hall–Kier alpha value is -2.37. The van der Waals surface area contributed by atoms with Crippen molar-refractivity contribution in [1.82, 2.24) is 10.2 Å². The van der Waals surface area contributed by atoms with Crippen molar-refractivity contribution in [2.75, 3.05) is 10.6 Å². The van der Waals surface area contributed by atoms with Gasteiger partial charge in [0.1, 0.15) is 5.82 Å². The summed E-state index contributed by atoms with van der Waals surface area (Å²) in [6.07, 6.45) is 2.70. The van der Waals surface area contributed by atoms with Gasteiger partial charge in [-0.05, 0) is 31.0 Å². The van der Waals surface area contributed by atoms with E-state index in [0.717, 1.165) is 16.8 Å². The second-order valence-electron chi connectivity index (χ2n) is 4.91. The van der Waals surface area contributed by atoms with Gasteiger partial charge in [-0.15, -0.1) is 0 Å². The first-order valence-corrected chi connectivity index (χ1v) is 6.48. The third kappa shape index (κ3) is 2.36. The van der Waals surface area contributed by atoms with Gasteiger partial charge in [0.05, 0.1) is 11.9 Å². The molecular weight excluding hydrogens is 259 g/mol. The molecule has 0 saturated heterocycles. The molecule has 0 fully saturated rings. The minimum atomic E-state index is -0.305. The zero-order chi connectivity index (χ0) is 14.1. The van der Waals surface area contributed by atoms with Gasteiger partial charge in [-0.2, -0.15) is 5.10 Å². The van der Waals surface area contributed by atoms with Crippen molar-refractivity contribution < 1.29 is 9.18 Å². The lowest BCUT2D eigenvalue weighted by Crippen LogP contribution is -2.19. The molecule has 0 spiro atoms. The summed E-state index contributed by atoms with van der Waals surface area (Å²) < 4.78 is 14.0. The van der Waals surface area contributed by atoms with Crippen molar-refractivity contribution in [1.29, 1.82) is 0 Å². The van der Waals surface area contributed by atoms with E-state index in [2.05, 4.69) is 20.8 Å². The number of halogens is 1. The summed E-state index contributed by atoms with van der Waals surface area (Å²) in [7, 11) is 0. The maximum absolute atomic E-state index is 14.0. The average Bonchev–Trinajstić information content (AvgIpc) is 2.82. The molecule has 2 aromatic rings. The number of carbonyl (C=O) groups is 1. The first kappa shape index (κ1) is 12.7. The SMILES string of the molecule is Cc1[nH]ncc1CNc1cc2c(cc1F)CCC(=O)N2. The quantitative estimate of drug-likeness (QED) is 0.804. The van der Waals surface area contributed by atoms with Crippen LogP contribution in [-0.4, -0.2) is 16.1 Å². The molecule has 104 valence electrons. The van der Waals surface area contributed by atoms with Gasteiger partial charge in [0.25, 0.3) is 0 Å². The van der Waals surface area contributed by atoms with Crippen LogP contribution in [0.5, 0.6) is 0 Å². The van der Waals surface area contributed by atoms with Crippen LogP contribution < -0.4 is 10.6 Å². The summed E-state index contributed by atoms with van der Waals surface area (Å²) in [5.74, 6) is -0.332. The van der Waals surface area contributed by atoms with Gasteiger partial charge < -0.3 is 10.6 Å². The fraction of sp³-hybridized carbons (Fsp3) is 0.286. The highest BCUT2D eigenvalue weighted by Crippen LogP contribution is 2.28. The number of rotatable bonds is 3. The highest BCUT2D eigenvalue weighted by atomic mass is 19.1. The van der Waals surface area contributed by atoms with Crippen LogP contribution >= 0.6 is 0 Å². The minimum Gasteiger partial charge on any atom is -0.378 e. The first-order chi connectivity index (χ1) is 9.63. The number of fused-ring (bicyclic) bond motifs is 1. The Bertz CT molecular complexity index is 665. The van der Waals surface area contributed by atoms with E-state index < -0.39 is 0 Å². The summed E-state index contributed by atoms with van der Waals surface area (Å²) in [6, 6.07) is 3.14. The molecule has 20 heavy (non-hydrogen) atoms. The van der Waals surface area contributed by atoms with E-state index in [1.807, 2.05) is 6.92 Å². The van der Waals surface area contributed by atoms with Crippen LogP contribution in [0.4, 0.5) is 15.8 Å². The number of H-pyrrole nitrogens is 1. The van der Waals surface area contributed by atoms with Crippen molar-refractivity contribution >= 4 is 17.3 Å². The van der Waals surface area contributed by atoms with E-state index in [9.17, 15) is 9.18 Å². The van der Waals surface area contributed by atoms with Crippen LogP contribution in [0.2, 0.25) is 0 Å². The lowest BCUT2D eigenvalue weighted by molar-refractivity contribution is -0.116. The number of hydrogen-bond acceptors (Lipinski definition) is 3. The van der Waals surface area contributed by atoms with Gasteiger partial charge in [0, 0.05) is 29.9 Å². The third-order valence-corrected chi connectivity index (χ3v) is 3.49. The second kappa shape index (κ2) is 4.96. The number of nitrogens with zero attached hydrogens (tertiary/aromatic N) is 1. The molecule has 1 aromatic heterocycles. The van der Waals surface area contributed by atoms with Crippen LogP contribution in [0.15, 0.2) is 18.3 Å². The van der Waals surface area contributed by atoms with Crippen molar-refractivity contribution in [2.24, 2.45) is 0 Å². The highest BCUT2D eigenvalue weighted by molar-refractivity contribution is 5.94. The molecule has 0 radical (unpaired) electrons. The topological polar surface area (TPSA) is 69.8 Å². The summed E-state index contributed by atoms with van der Waals surface area (Å²) in [4.78, 5) is 11.4. The summed E-state index contributed by atoms with van der Waals surface area (Å²) in [6.45, 7) is 2.39. The zero-order valence-corrected chi connectivity index (χ0v) is 11.1. The van der Waals surface area contributed by atoms with Crippen molar-refractivity contribution in [3.05, 3.63) is 41.0 Å². The molecule has 3 N–H and O–H groups in total. The molecule has 2 heterocycles. The van der Waals surface area contributed by atoms with Crippen molar-refractivity contribution in [2.45, 2.75) is 26.3 Å². The van der Waals surface area contributed by atoms with Crippen LogP contribution in [0.3, 0.4) is 0 Å². The molecule has 1 amide bonds. The molecule has 0 aliphatic carbocycles. The Labute approximate surface area is 115 Å². The molecule has 5 nitrogen and oxygen atoms in total. The van der Waals surface area contributed by atoms with E-state index in [-0.39, 0.29) is 11.7 Å². The third-order valence-electron chi connectivity index (χ3n) is 3.49. The number of benzene rings is 1. The number of amides is 1. The Morgan fingerprint density at radius 1 is 1.40 bits per heavy atom. The lowest BCUT2D eigenvalue weighted by atomic mass is 10.0. The van der Waals surface area contributed by atoms with Gasteiger partial charge in [-0.1, -0.05) is 0 Å². The maximum Gasteiger partial charge on any atom is 0.224 e. The van der Waals surface area contributed by atoms with Crippen molar-refractivity contribution in [3.8, 4) is 0 Å². The molecule has 3 rings (SSSR count). The van der Waals surface area contributed by atoms with Crippen molar-refractivity contribution in [3.63, 3.8) is 0 Å². The number of carbonyl (C=O) groups excluding carboxylic acids is 1. The Kier molecular flexibility index (Phi) is 3.14. The number of aryl methyl sites for hydroxylation is 2. The maximum atomic E-state index is 14.0. The van der Waals surface area contributed by atoms with Gasteiger partial charge in [0.2, 0.25) is 5.91 Å². The largest absolute Gasteiger partial charge is 0.378 e. The fourth-order valence-corrected chi connectivity index (χ4v) is 2.28. The number of hydrogen-bond donors (Lipinski definition) is 3. The fourth-order valence-electron chi connectivity index (χ4n) is 2.28. The predicted octanol–water partition coefficient (Wildman–Crippen LogP) is 2.35. The molecule has 1 aliphatic rings. The molecule has 0 bridgehead atoms. The number of anilines is 2. The van der Waals surface area contributed by atoms with Gasteiger partial charge in [-0.3, -0.25) is 9.89 Å². The number of aromatic nitrogens is 2. The van der Waals surface area contributed by atoms with E-state index in [1.165, 1.54) is 6.07 Å². The van der Waals surface area contributed by atoms with E-state index in [0.29, 0.717) is 30.8 Å². The average molecular weight is 274 g/mol. The lowest BCUT2D eigenvalue weighted by Gasteiger charge is -2.18. The Balaban J connectivity index is 1.81. The molecule has 0 saturated carbocycles. The van der Waals surface area contributed by atoms with E-state index >= 15 is 0 Å². The van der Waals surface area contributed by atoms with Crippen LogP contribution in [0.1, 0.15) is 23.2 Å². The smallest absolute Gasteiger partial charge is 0.224 e. The standard InChI is InChI=1S/C14H15FN4O/c1-8-10(7-17-19-8)6-16-13-5-12-9(4-11(13)15)2-3-14(20)18-12/h4-5,7,16H,2-3,6H2,1H3,(H,17,19)(H,18,20). The van der Waals surface area contributed by atoms with Crippen LogP contribution in [-0.2, 0) is 17.8 Å². The molecule has 1 aliphatic heterocycles. The molecule has 0 atom stereocenters. The summed E-state index contributed by atoms with van der Waals surface area (Å²) in [5.41, 5.74) is 3.84. The normalized spacial score (nSPS) is 13.8. The molecule has 1 aromatic carbocycles. The number of aromatic amines is 1. The van der Waals surface area contributed by atoms with E-state index in [4.69, 9.17) is 0 Å². The van der Waals surface area contributed by atoms with Crippen LogP contribution in [0, 0.1) is 12.7 Å². The van der Waals surface area contributed by atoms with Crippen LogP contribution in [0.25, 0.3) is 0 Å². The zero-order valence-electron chi connectivity index (χ0n) is 11.1. The summed E-state index contributed by atoms with van der Waals surface area (Å²) in [5, 5.41) is 12.6. The number of nitrogens with one attached hydrogen (secondary N) is 3. The molecule has 6 heteroatoms. The van der Waals surface area contributed by atoms with Gasteiger partial charge >= 0.3 is 0 Å². The highest BCUT2D eigenvalue weighted by Gasteiger charge is 2.17. The Morgan fingerprint density at radius 3 is 3.00 bits per heavy atom. The Morgan fingerprint density at radius 2 is 2.25 bits per heavy atom. The first-order valence-electron chi connectivity index (χ1n) is 6.48. The molecular formula is C14H15FN4O. The van der Waals surface area contributed by atoms with E-state index in [1.54, 1.807) is 12.3 Å². The van der Waals surface area contributed by atoms with Gasteiger partial charge in [-0.25, -0.2) is 4.39 Å². The minimum absolute atomic E-state index is 0.0271. The monoisotopic (exact) mass is 274 g/mol. The summed E-state index contributed by atoms with van der Waals surface area (Å²) >= 11 is 0. The predicted molar refractivity (Wildman–Crippen MR) is 74.0 cm³/mol. The van der Waals surface area contributed by atoms with Gasteiger partial charge in [0.15, 0.2) is 0 Å². The molecule has 0 unspecified atom stereocenters. The second-order valence-corrected chi connectivity index (χ2v) is 4.91.